The van der Waals surface area contributed by atoms with Gasteiger partial charge >= 0.3 is 12.0 Å². The first-order valence-electron chi connectivity index (χ1n) is 7.87. The fraction of sp³-hybridized carbons (Fsp3) is 0.471. The number of carboxylic acid groups (broad SMARTS) is 1. The van der Waals surface area contributed by atoms with Crippen LogP contribution in [0.1, 0.15) is 19.4 Å². The molecule has 1 N–H and O–H groups in total. The Kier molecular flexibility index (Phi) is 5.88. The van der Waals surface area contributed by atoms with E-state index in [-0.39, 0.29) is 18.4 Å². The number of urea groups is 1. The summed E-state index contributed by atoms with van der Waals surface area (Å²) in [5.41, 5.74) is 0.995. The third-order valence-electron chi connectivity index (χ3n) is 4.14. The van der Waals surface area contributed by atoms with Crippen LogP contribution in [0.3, 0.4) is 0 Å². The van der Waals surface area contributed by atoms with Crippen LogP contribution in [0.15, 0.2) is 30.3 Å². The molecule has 1 aliphatic heterocycles. The lowest BCUT2D eigenvalue weighted by atomic mass is 10.0. The Morgan fingerprint density at radius 2 is 1.88 bits per heavy atom. The van der Waals surface area contributed by atoms with Crippen molar-refractivity contribution >= 4 is 30.5 Å². The Labute approximate surface area is 146 Å². The fourth-order valence-corrected chi connectivity index (χ4v) is 3.31. The average molecular weight is 350 g/mol. The third-order valence-corrected chi connectivity index (χ3v) is 4.56. The van der Waals surface area contributed by atoms with Gasteiger partial charge in [0, 0.05) is 5.75 Å². The fourth-order valence-electron chi connectivity index (χ4n) is 3.01. The molecule has 7 heteroatoms. The number of amides is 3. The minimum Gasteiger partial charge on any atom is -0.480 e. The normalized spacial score (nSPS) is 17.5. The van der Waals surface area contributed by atoms with E-state index in [9.17, 15) is 19.5 Å². The summed E-state index contributed by atoms with van der Waals surface area (Å²) in [6.07, 6.45) is 0.495. The van der Waals surface area contributed by atoms with Crippen molar-refractivity contribution in [1.82, 2.24) is 9.80 Å². The van der Waals surface area contributed by atoms with Crippen molar-refractivity contribution in [3.05, 3.63) is 35.9 Å². The molecule has 3 amide bonds. The van der Waals surface area contributed by atoms with Crippen molar-refractivity contribution in [2.75, 3.05) is 12.3 Å². The molecule has 0 bridgehead atoms. The van der Waals surface area contributed by atoms with Gasteiger partial charge in [0.1, 0.15) is 12.6 Å². The van der Waals surface area contributed by atoms with E-state index in [0.29, 0.717) is 12.2 Å². The van der Waals surface area contributed by atoms with E-state index >= 15 is 0 Å². The molecule has 0 aromatic heterocycles. The van der Waals surface area contributed by atoms with Gasteiger partial charge in [-0.15, -0.1) is 0 Å². The van der Waals surface area contributed by atoms with Crippen LogP contribution in [0.5, 0.6) is 0 Å². The minimum atomic E-state index is -1.10. The molecular formula is C17H22N2O4S. The van der Waals surface area contributed by atoms with Gasteiger partial charge in [-0.1, -0.05) is 44.2 Å². The van der Waals surface area contributed by atoms with Crippen molar-refractivity contribution in [2.45, 2.75) is 32.4 Å². The first-order valence-corrected chi connectivity index (χ1v) is 8.50. The number of carbonyl (C=O) groups is 3. The number of carbonyl (C=O) groups excluding carboxylic acids is 2. The number of benzene rings is 1. The molecule has 1 aromatic carbocycles. The number of aliphatic carboxylic acids is 1. The topological polar surface area (TPSA) is 77.9 Å². The van der Waals surface area contributed by atoms with Gasteiger partial charge in [-0.25, -0.2) is 9.59 Å². The summed E-state index contributed by atoms with van der Waals surface area (Å²) in [7, 11) is 0. The molecule has 0 radical (unpaired) electrons. The van der Waals surface area contributed by atoms with Crippen molar-refractivity contribution in [3.63, 3.8) is 0 Å². The molecule has 2 rings (SSSR count). The molecule has 24 heavy (non-hydrogen) atoms. The second kappa shape index (κ2) is 7.70. The van der Waals surface area contributed by atoms with E-state index in [4.69, 9.17) is 0 Å². The number of nitrogens with zero attached hydrogens (tertiary/aromatic N) is 2. The highest BCUT2D eigenvalue weighted by Gasteiger charge is 2.45. The average Bonchev–Trinajstić information content (AvgIpc) is 2.80. The van der Waals surface area contributed by atoms with Crippen LogP contribution in [0.25, 0.3) is 0 Å². The highest BCUT2D eigenvalue weighted by molar-refractivity contribution is 7.80. The Morgan fingerprint density at radius 1 is 1.25 bits per heavy atom. The number of thiol groups is 1. The van der Waals surface area contributed by atoms with E-state index in [0.717, 1.165) is 15.4 Å². The summed E-state index contributed by atoms with van der Waals surface area (Å²) < 4.78 is 0. The molecule has 130 valence electrons. The van der Waals surface area contributed by atoms with Gasteiger partial charge in [0.05, 0.1) is 6.04 Å². The lowest BCUT2D eigenvalue weighted by molar-refractivity contribution is -0.143. The highest BCUT2D eigenvalue weighted by atomic mass is 32.1. The van der Waals surface area contributed by atoms with Crippen LogP contribution in [0, 0.1) is 5.92 Å². The molecule has 1 saturated heterocycles. The molecule has 0 aliphatic carbocycles. The smallest absolute Gasteiger partial charge is 0.328 e. The Balaban J connectivity index is 2.22. The van der Waals surface area contributed by atoms with Gasteiger partial charge in [0.25, 0.3) is 5.91 Å². The standard InChI is InChI=1S/C17H22N2O4S/c1-11(2)15(16(21)22)18-9-14(20)19(17(18)23)13(10-24)8-12-6-4-3-5-7-12/h3-7,11,13,15,24H,8-10H2,1-2H3,(H,21,22)/t13?,15-/m1/s1. The lowest BCUT2D eigenvalue weighted by Crippen LogP contribution is -2.49. The predicted octanol–water partition coefficient (Wildman–Crippen LogP) is 1.90. The predicted molar refractivity (Wildman–Crippen MR) is 93.0 cm³/mol. The van der Waals surface area contributed by atoms with Crippen molar-refractivity contribution in [3.8, 4) is 0 Å². The van der Waals surface area contributed by atoms with E-state index in [2.05, 4.69) is 12.6 Å². The van der Waals surface area contributed by atoms with Crippen LogP contribution in [-0.4, -0.2) is 57.2 Å². The Bertz CT molecular complexity index is 620. The zero-order valence-corrected chi connectivity index (χ0v) is 14.6. The largest absolute Gasteiger partial charge is 0.480 e. The molecule has 6 nitrogen and oxygen atoms in total. The number of hydrogen-bond acceptors (Lipinski definition) is 4. The van der Waals surface area contributed by atoms with Gasteiger partial charge in [0.15, 0.2) is 0 Å². The molecule has 1 fully saturated rings. The summed E-state index contributed by atoms with van der Waals surface area (Å²) in [5.74, 6) is -1.44. The van der Waals surface area contributed by atoms with Crippen LogP contribution in [-0.2, 0) is 16.0 Å². The van der Waals surface area contributed by atoms with E-state index < -0.39 is 24.1 Å². The van der Waals surface area contributed by atoms with Crippen molar-refractivity contribution in [1.29, 1.82) is 0 Å². The van der Waals surface area contributed by atoms with Crippen LogP contribution in [0.4, 0.5) is 4.79 Å². The summed E-state index contributed by atoms with van der Waals surface area (Å²) in [6, 6.07) is 7.57. The molecule has 0 spiro atoms. The first kappa shape index (κ1) is 18.3. The molecule has 0 saturated carbocycles. The maximum Gasteiger partial charge on any atom is 0.328 e. The van der Waals surface area contributed by atoms with Gasteiger partial charge in [-0.05, 0) is 17.9 Å². The second-order valence-corrected chi connectivity index (χ2v) is 6.59. The first-order chi connectivity index (χ1) is 11.4. The number of rotatable bonds is 7. The number of hydrogen-bond donors (Lipinski definition) is 2. The summed E-state index contributed by atoms with van der Waals surface area (Å²) in [4.78, 5) is 38.9. The minimum absolute atomic E-state index is 0.201. The second-order valence-electron chi connectivity index (χ2n) is 6.23. The summed E-state index contributed by atoms with van der Waals surface area (Å²) in [6.45, 7) is 3.24. The van der Waals surface area contributed by atoms with Crippen molar-refractivity contribution < 1.29 is 19.5 Å². The quantitative estimate of drug-likeness (QED) is 0.582. The van der Waals surface area contributed by atoms with E-state index in [1.807, 2.05) is 30.3 Å². The SMILES string of the molecule is CC(C)[C@H](C(=O)O)N1CC(=O)N(C(CS)Cc2ccccc2)C1=O. The van der Waals surface area contributed by atoms with Gasteiger partial charge < -0.3 is 10.0 Å². The zero-order valence-electron chi connectivity index (χ0n) is 13.8. The van der Waals surface area contributed by atoms with Gasteiger partial charge in [0.2, 0.25) is 0 Å². The van der Waals surface area contributed by atoms with Gasteiger partial charge in [-0.2, -0.15) is 12.6 Å². The molecular weight excluding hydrogens is 328 g/mol. The maximum absolute atomic E-state index is 12.7. The maximum atomic E-state index is 12.7. The molecule has 1 aliphatic rings. The number of carboxylic acids is 1. The monoisotopic (exact) mass is 350 g/mol. The van der Waals surface area contributed by atoms with Crippen LogP contribution in [0.2, 0.25) is 0 Å². The molecule has 1 unspecified atom stereocenters. The molecule has 2 atom stereocenters. The Morgan fingerprint density at radius 3 is 2.38 bits per heavy atom. The molecule has 1 heterocycles. The van der Waals surface area contributed by atoms with Crippen LogP contribution < -0.4 is 0 Å². The van der Waals surface area contributed by atoms with Crippen LogP contribution >= 0.6 is 12.6 Å². The highest BCUT2D eigenvalue weighted by Crippen LogP contribution is 2.23. The summed E-state index contributed by atoms with van der Waals surface area (Å²) >= 11 is 4.28. The molecule has 1 aromatic rings. The summed E-state index contributed by atoms with van der Waals surface area (Å²) in [5, 5.41) is 9.39. The van der Waals surface area contributed by atoms with Gasteiger partial charge in [-0.3, -0.25) is 9.69 Å². The lowest BCUT2D eigenvalue weighted by Gasteiger charge is -2.29. The van der Waals surface area contributed by atoms with E-state index in [1.54, 1.807) is 13.8 Å². The number of imide groups is 1. The zero-order chi connectivity index (χ0) is 17.9. The van der Waals surface area contributed by atoms with E-state index in [1.165, 1.54) is 0 Å². The third kappa shape index (κ3) is 3.72. The van der Waals surface area contributed by atoms with Crippen molar-refractivity contribution in [2.24, 2.45) is 5.92 Å². The Hall–Kier alpha value is -2.02.